The van der Waals surface area contributed by atoms with Gasteiger partial charge >= 0.3 is 15.2 Å². The van der Waals surface area contributed by atoms with Gasteiger partial charge in [0.25, 0.3) is 0 Å². The Morgan fingerprint density at radius 3 is 2.15 bits per heavy atom. The van der Waals surface area contributed by atoms with Crippen molar-refractivity contribution in [2.24, 2.45) is 0 Å². The third-order valence-electron chi connectivity index (χ3n) is 3.62. The zero-order chi connectivity index (χ0) is 15.4. The standard InChI is InChI=1S/C11H14O7P2/c1-10(12,19(13,14)15)11(20(16,17)18)7-6-8-4-2-3-5-9(8)11/h2-7,12H,1H3,(H2,13,14,15)(H2,16,17,18). The predicted octanol–water partition coefficient (Wildman–Crippen LogP) is 0.973. The maximum absolute atomic E-state index is 12.0. The van der Waals surface area contributed by atoms with Crippen molar-refractivity contribution in [2.45, 2.75) is 17.4 Å². The quantitative estimate of drug-likeness (QED) is 0.524. The molecule has 5 N–H and O–H groups in total. The van der Waals surface area contributed by atoms with Gasteiger partial charge in [0.2, 0.25) is 0 Å². The van der Waals surface area contributed by atoms with Gasteiger partial charge in [0, 0.05) is 0 Å². The highest BCUT2D eigenvalue weighted by molar-refractivity contribution is 7.58. The number of aliphatic hydroxyl groups is 1. The molecule has 0 aromatic heterocycles. The summed E-state index contributed by atoms with van der Waals surface area (Å²) in [6.07, 6.45) is 2.30. The van der Waals surface area contributed by atoms with Crippen LogP contribution in [0.25, 0.3) is 6.08 Å². The Morgan fingerprint density at radius 2 is 1.65 bits per heavy atom. The van der Waals surface area contributed by atoms with Crippen LogP contribution in [0.4, 0.5) is 0 Å². The molecule has 0 amide bonds. The third-order valence-corrected chi connectivity index (χ3v) is 7.03. The van der Waals surface area contributed by atoms with Crippen LogP contribution in [-0.4, -0.2) is 30.0 Å². The largest absolute Gasteiger partial charge is 0.376 e. The van der Waals surface area contributed by atoms with Crippen LogP contribution >= 0.6 is 15.2 Å². The topological polar surface area (TPSA) is 135 Å². The molecule has 2 atom stereocenters. The van der Waals surface area contributed by atoms with E-state index in [-0.39, 0.29) is 5.56 Å². The van der Waals surface area contributed by atoms with Crippen LogP contribution in [0.2, 0.25) is 0 Å². The van der Waals surface area contributed by atoms with E-state index in [0.29, 0.717) is 5.56 Å². The smallest absolute Gasteiger partial charge is 0.358 e. The molecule has 0 aliphatic heterocycles. The van der Waals surface area contributed by atoms with Crippen molar-refractivity contribution >= 4 is 21.3 Å². The summed E-state index contributed by atoms with van der Waals surface area (Å²) < 4.78 is 23.5. The molecule has 1 aromatic carbocycles. The Morgan fingerprint density at radius 1 is 1.10 bits per heavy atom. The molecule has 1 aliphatic rings. The van der Waals surface area contributed by atoms with Gasteiger partial charge in [-0.3, -0.25) is 9.13 Å². The van der Waals surface area contributed by atoms with Crippen LogP contribution in [0.15, 0.2) is 30.3 Å². The molecule has 0 spiro atoms. The monoisotopic (exact) mass is 320 g/mol. The minimum Gasteiger partial charge on any atom is -0.376 e. The summed E-state index contributed by atoms with van der Waals surface area (Å²) in [6.45, 7) is 0.735. The molecule has 110 valence electrons. The van der Waals surface area contributed by atoms with Gasteiger partial charge in [-0.05, 0) is 18.1 Å². The van der Waals surface area contributed by atoms with Crippen molar-refractivity contribution in [3.05, 3.63) is 41.5 Å². The van der Waals surface area contributed by atoms with E-state index < -0.39 is 25.7 Å². The van der Waals surface area contributed by atoms with Crippen LogP contribution in [0.5, 0.6) is 0 Å². The zero-order valence-corrected chi connectivity index (χ0v) is 12.2. The SMILES string of the molecule is CC(O)(C1(P(=O)(O)O)C=Cc2ccccc21)P(=O)(O)O. The van der Waals surface area contributed by atoms with Gasteiger partial charge in [-0.15, -0.1) is 0 Å². The highest BCUT2D eigenvalue weighted by Gasteiger charge is 2.67. The Labute approximate surface area is 114 Å². The molecule has 1 aromatic rings. The van der Waals surface area contributed by atoms with Crippen LogP contribution in [0.1, 0.15) is 18.1 Å². The molecule has 0 bridgehead atoms. The van der Waals surface area contributed by atoms with Crippen molar-refractivity contribution in [1.82, 2.24) is 0 Å². The van der Waals surface area contributed by atoms with E-state index >= 15 is 0 Å². The molecule has 0 saturated heterocycles. The molecule has 9 heteroatoms. The lowest BCUT2D eigenvalue weighted by Gasteiger charge is -2.42. The molecule has 1 aliphatic carbocycles. The van der Waals surface area contributed by atoms with Gasteiger partial charge < -0.3 is 24.7 Å². The third kappa shape index (κ3) is 1.87. The highest BCUT2D eigenvalue weighted by Crippen LogP contribution is 2.73. The second-order valence-electron chi connectivity index (χ2n) is 4.80. The minimum absolute atomic E-state index is 0.0124. The van der Waals surface area contributed by atoms with Gasteiger partial charge in [0.15, 0.2) is 10.5 Å². The van der Waals surface area contributed by atoms with Gasteiger partial charge in [-0.2, -0.15) is 0 Å². The Hall–Kier alpha value is -0.780. The van der Waals surface area contributed by atoms with Crippen LogP contribution in [0.3, 0.4) is 0 Å². The van der Waals surface area contributed by atoms with E-state index in [1.54, 1.807) is 12.1 Å². The fraction of sp³-hybridized carbons (Fsp3) is 0.273. The Kier molecular flexibility index (Phi) is 3.40. The number of fused-ring (bicyclic) bond motifs is 1. The van der Waals surface area contributed by atoms with Crippen molar-refractivity contribution in [2.75, 3.05) is 0 Å². The molecule has 0 fully saturated rings. The maximum Gasteiger partial charge on any atom is 0.358 e. The number of rotatable bonds is 3. The normalized spacial score (nSPS) is 25.3. The second-order valence-corrected chi connectivity index (χ2v) is 8.55. The van der Waals surface area contributed by atoms with Gasteiger partial charge in [-0.1, -0.05) is 36.4 Å². The van der Waals surface area contributed by atoms with Crippen molar-refractivity contribution < 1.29 is 33.8 Å². The first-order valence-corrected chi connectivity index (χ1v) is 8.80. The highest BCUT2D eigenvalue weighted by atomic mass is 31.2. The first-order valence-electron chi connectivity index (χ1n) is 5.57. The number of benzene rings is 1. The lowest BCUT2D eigenvalue weighted by atomic mass is 9.94. The molecule has 0 heterocycles. The van der Waals surface area contributed by atoms with E-state index in [1.165, 1.54) is 18.2 Å². The van der Waals surface area contributed by atoms with E-state index in [1.807, 2.05) is 0 Å². The number of hydrogen-bond acceptors (Lipinski definition) is 3. The van der Waals surface area contributed by atoms with Gasteiger partial charge in [0.1, 0.15) is 0 Å². The molecule has 0 radical (unpaired) electrons. The van der Waals surface area contributed by atoms with Crippen molar-refractivity contribution in [1.29, 1.82) is 0 Å². The predicted molar refractivity (Wildman–Crippen MR) is 71.9 cm³/mol. The van der Waals surface area contributed by atoms with E-state index in [4.69, 9.17) is 0 Å². The summed E-state index contributed by atoms with van der Waals surface area (Å²) in [4.78, 5) is 38.0. The van der Waals surface area contributed by atoms with E-state index in [0.717, 1.165) is 13.0 Å². The Bertz CT molecular complexity index is 669. The van der Waals surface area contributed by atoms with Crippen molar-refractivity contribution in [3.8, 4) is 0 Å². The van der Waals surface area contributed by atoms with Crippen LogP contribution in [-0.2, 0) is 14.3 Å². The second kappa shape index (κ2) is 4.36. The van der Waals surface area contributed by atoms with Gasteiger partial charge in [0.05, 0.1) is 0 Å². The Balaban J connectivity index is 2.86. The molecule has 7 nitrogen and oxygen atoms in total. The molecule has 2 unspecified atom stereocenters. The minimum atomic E-state index is -5.22. The molecule has 2 rings (SSSR count). The molecular formula is C11H14O7P2. The first kappa shape index (κ1) is 15.6. The van der Waals surface area contributed by atoms with Crippen LogP contribution in [0, 0.1) is 0 Å². The van der Waals surface area contributed by atoms with Crippen LogP contribution < -0.4 is 0 Å². The van der Waals surface area contributed by atoms with E-state index in [2.05, 4.69) is 0 Å². The molecule has 20 heavy (non-hydrogen) atoms. The summed E-state index contributed by atoms with van der Waals surface area (Å²) in [6, 6.07) is 5.97. The fourth-order valence-corrected chi connectivity index (χ4v) is 5.21. The maximum atomic E-state index is 12.0. The summed E-state index contributed by atoms with van der Waals surface area (Å²) in [5.41, 5.74) is 0.381. The lowest BCUT2D eigenvalue weighted by Crippen LogP contribution is -2.47. The summed E-state index contributed by atoms with van der Waals surface area (Å²) in [5.74, 6) is 0. The average molecular weight is 320 g/mol. The lowest BCUT2D eigenvalue weighted by molar-refractivity contribution is 0.0701. The molecular weight excluding hydrogens is 306 g/mol. The summed E-state index contributed by atoms with van der Waals surface area (Å²) in [5, 5.41) is 4.86. The van der Waals surface area contributed by atoms with E-state index in [9.17, 15) is 33.8 Å². The summed E-state index contributed by atoms with van der Waals surface area (Å²) in [7, 11) is -10.3. The first-order chi connectivity index (χ1) is 8.95. The number of hydrogen-bond donors (Lipinski definition) is 5. The average Bonchev–Trinajstić information content (AvgIpc) is 2.67. The van der Waals surface area contributed by atoms with Gasteiger partial charge in [-0.25, -0.2) is 0 Å². The molecule has 0 saturated carbocycles. The summed E-state index contributed by atoms with van der Waals surface area (Å²) >= 11 is 0. The van der Waals surface area contributed by atoms with Crippen molar-refractivity contribution in [3.63, 3.8) is 0 Å². The fourth-order valence-electron chi connectivity index (χ4n) is 2.45. The zero-order valence-electron chi connectivity index (χ0n) is 10.4.